The molecule has 6 heteroatoms. The number of aryl methyl sites for hydroxylation is 1. The number of nitrogens with zero attached hydrogens (tertiary/aromatic N) is 2. The van der Waals surface area contributed by atoms with Gasteiger partial charge in [0.2, 0.25) is 5.91 Å². The predicted molar refractivity (Wildman–Crippen MR) is 106 cm³/mol. The fourth-order valence-corrected chi connectivity index (χ4v) is 3.62. The van der Waals surface area contributed by atoms with Crippen LogP contribution in [0.25, 0.3) is 0 Å². The number of ether oxygens (including phenoxy) is 2. The van der Waals surface area contributed by atoms with Crippen molar-refractivity contribution in [2.45, 2.75) is 18.9 Å². The van der Waals surface area contributed by atoms with Crippen molar-refractivity contribution in [3.63, 3.8) is 0 Å². The van der Waals surface area contributed by atoms with Gasteiger partial charge < -0.3 is 14.4 Å². The molecule has 1 heterocycles. The van der Waals surface area contributed by atoms with Crippen LogP contribution in [0.4, 0.5) is 4.39 Å². The number of rotatable bonds is 6. The number of likely N-dealkylation sites (N-methyl/N-ethyl adjacent to an activating group) is 1. The van der Waals surface area contributed by atoms with Gasteiger partial charge in [-0.1, -0.05) is 18.2 Å². The van der Waals surface area contributed by atoms with Crippen LogP contribution in [0.3, 0.4) is 0 Å². The molecule has 2 aromatic carbocycles. The molecule has 2 aromatic rings. The van der Waals surface area contributed by atoms with Crippen LogP contribution in [-0.2, 0) is 11.2 Å². The van der Waals surface area contributed by atoms with E-state index in [9.17, 15) is 9.18 Å². The lowest BCUT2D eigenvalue weighted by Crippen LogP contribution is -2.49. The van der Waals surface area contributed by atoms with Crippen molar-refractivity contribution in [1.82, 2.24) is 9.80 Å². The van der Waals surface area contributed by atoms with Gasteiger partial charge in [0.05, 0.1) is 20.3 Å². The maximum Gasteiger partial charge on any atom is 0.223 e. The van der Waals surface area contributed by atoms with Crippen LogP contribution in [0.15, 0.2) is 42.5 Å². The standard InChI is InChI=1S/C22H27FN2O3/c1-24-11-12-25(22(26)10-7-16-5-4-6-18(23)13-16)15-19(24)17-8-9-20(27-2)21(14-17)28-3/h4-6,8-9,13-14,19H,7,10-12,15H2,1-3H3. The summed E-state index contributed by atoms with van der Waals surface area (Å²) in [5.74, 6) is 1.21. The van der Waals surface area contributed by atoms with Crippen LogP contribution in [-0.4, -0.2) is 56.6 Å². The second kappa shape index (κ2) is 9.06. The molecule has 1 aliphatic rings. The van der Waals surface area contributed by atoms with Crippen molar-refractivity contribution in [2.24, 2.45) is 0 Å². The number of hydrogen-bond donors (Lipinski definition) is 0. The summed E-state index contributed by atoms with van der Waals surface area (Å²) >= 11 is 0. The highest BCUT2D eigenvalue weighted by Gasteiger charge is 2.28. The molecule has 0 spiro atoms. The predicted octanol–water partition coefficient (Wildman–Crippen LogP) is 3.29. The van der Waals surface area contributed by atoms with E-state index >= 15 is 0 Å². The molecule has 1 amide bonds. The highest BCUT2D eigenvalue weighted by atomic mass is 19.1. The first kappa shape index (κ1) is 20.1. The summed E-state index contributed by atoms with van der Waals surface area (Å²) in [6.45, 7) is 2.11. The van der Waals surface area contributed by atoms with Gasteiger partial charge in [-0.3, -0.25) is 9.69 Å². The minimum Gasteiger partial charge on any atom is -0.493 e. The van der Waals surface area contributed by atoms with Crippen LogP contribution in [0, 0.1) is 5.82 Å². The summed E-state index contributed by atoms with van der Waals surface area (Å²) in [5, 5.41) is 0. The number of amides is 1. The Balaban J connectivity index is 1.67. The third-order valence-corrected chi connectivity index (χ3v) is 5.31. The summed E-state index contributed by atoms with van der Waals surface area (Å²) in [5.41, 5.74) is 1.93. The van der Waals surface area contributed by atoms with Gasteiger partial charge in [0.25, 0.3) is 0 Å². The maximum atomic E-state index is 13.3. The van der Waals surface area contributed by atoms with Gasteiger partial charge >= 0.3 is 0 Å². The van der Waals surface area contributed by atoms with Crippen LogP contribution in [0.5, 0.6) is 11.5 Å². The van der Waals surface area contributed by atoms with Gasteiger partial charge in [-0.25, -0.2) is 4.39 Å². The number of hydrogen-bond acceptors (Lipinski definition) is 4. The first-order chi connectivity index (χ1) is 13.5. The molecule has 150 valence electrons. The molecular formula is C22H27FN2O3. The first-order valence-electron chi connectivity index (χ1n) is 9.46. The third kappa shape index (κ3) is 4.62. The Hall–Kier alpha value is -2.60. The second-order valence-electron chi connectivity index (χ2n) is 7.08. The Morgan fingerprint density at radius 2 is 1.89 bits per heavy atom. The van der Waals surface area contributed by atoms with E-state index in [-0.39, 0.29) is 17.8 Å². The van der Waals surface area contributed by atoms with Gasteiger partial charge in [0.1, 0.15) is 5.82 Å². The molecule has 0 aliphatic carbocycles. The number of methoxy groups -OCH3 is 2. The van der Waals surface area contributed by atoms with Gasteiger partial charge in [-0.05, 0) is 48.9 Å². The Bertz CT molecular complexity index is 827. The van der Waals surface area contributed by atoms with Gasteiger partial charge in [0.15, 0.2) is 11.5 Å². The highest BCUT2D eigenvalue weighted by Crippen LogP contribution is 2.33. The highest BCUT2D eigenvalue weighted by molar-refractivity contribution is 5.76. The fourth-order valence-electron chi connectivity index (χ4n) is 3.62. The lowest BCUT2D eigenvalue weighted by molar-refractivity contribution is -0.134. The molecule has 1 unspecified atom stereocenters. The SMILES string of the molecule is COc1ccc(C2CN(C(=O)CCc3cccc(F)c3)CCN2C)cc1OC. The number of benzene rings is 2. The summed E-state index contributed by atoms with van der Waals surface area (Å²) in [4.78, 5) is 16.9. The molecule has 3 rings (SSSR count). The number of piperazine rings is 1. The lowest BCUT2D eigenvalue weighted by atomic mass is 10.0. The van der Waals surface area contributed by atoms with Crippen molar-refractivity contribution < 1.29 is 18.7 Å². The van der Waals surface area contributed by atoms with Crippen LogP contribution in [0.1, 0.15) is 23.6 Å². The van der Waals surface area contributed by atoms with E-state index in [1.54, 1.807) is 20.3 Å². The van der Waals surface area contributed by atoms with Crippen molar-refractivity contribution in [3.8, 4) is 11.5 Å². The van der Waals surface area contributed by atoms with Crippen molar-refractivity contribution in [1.29, 1.82) is 0 Å². The molecule has 0 saturated carbocycles. The van der Waals surface area contributed by atoms with E-state index < -0.39 is 0 Å². The number of carbonyl (C=O) groups excluding carboxylic acids is 1. The molecule has 0 bridgehead atoms. The summed E-state index contributed by atoms with van der Waals surface area (Å²) in [6, 6.07) is 12.4. The van der Waals surface area contributed by atoms with E-state index in [1.165, 1.54) is 12.1 Å². The van der Waals surface area contributed by atoms with Crippen LogP contribution in [0.2, 0.25) is 0 Å². The Kier molecular flexibility index (Phi) is 6.52. The lowest BCUT2D eigenvalue weighted by Gasteiger charge is -2.40. The summed E-state index contributed by atoms with van der Waals surface area (Å²) in [6.07, 6.45) is 0.926. The topological polar surface area (TPSA) is 42.0 Å². The summed E-state index contributed by atoms with van der Waals surface area (Å²) in [7, 11) is 5.30. The molecule has 1 saturated heterocycles. The molecule has 0 N–H and O–H groups in total. The van der Waals surface area contributed by atoms with E-state index in [1.807, 2.05) is 29.2 Å². The van der Waals surface area contributed by atoms with E-state index in [4.69, 9.17) is 9.47 Å². The third-order valence-electron chi connectivity index (χ3n) is 5.31. The van der Waals surface area contributed by atoms with Gasteiger partial charge in [0, 0.05) is 26.1 Å². The molecule has 28 heavy (non-hydrogen) atoms. The molecule has 1 aliphatic heterocycles. The fraction of sp³-hybridized carbons (Fsp3) is 0.409. The second-order valence-corrected chi connectivity index (χ2v) is 7.08. The average molecular weight is 386 g/mol. The van der Waals surface area contributed by atoms with Crippen LogP contribution < -0.4 is 9.47 Å². The van der Waals surface area contributed by atoms with E-state index in [0.29, 0.717) is 37.4 Å². The normalized spacial score (nSPS) is 17.4. The zero-order chi connectivity index (χ0) is 20.1. The largest absolute Gasteiger partial charge is 0.493 e. The Morgan fingerprint density at radius 1 is 1.11 bits per heavy atom. The van der Waals surface area contributed by atoms with Gasteiger partial charge in [-0.2, -0.15) is 0 Å². The number of halogens is 1. The Labute approximate surface area is 165 Å². The van der Waals surface area contributed by atoms with Crippen molar-refractivity contribution in [3.05, 3.63) is 59.4 Å². The zero-order valence-corrected chi connectivity index (χ0v) is 16.7. The quantitative estimate of drug-likeness (QED) is 0.764. The van der Waals surface area contributed by atoms with Crippen LogP contribution >= 0.6 is 0 Å². The summed E-state index contributed by atoms with van der Waals surface area (Å²) < 4.78 is 24.1. The average Bonchev–Trinajstić information content (AvgIpc) is 2.72. The van der Waals surface area contributed by atoms with E-state index in [2.05, 4.69) is 11.9 Å². The smallest absolute Gasteiger partial charge is 0.223 e. The number of carbonyl (C=O) groups is 1. The minimum atomic E-state index is -0.266. The molecule has 0 radical (unpaired) electrons. The molecule has 1 atom stereocenters. The Morgan fingerprint density at radius 3 is 2.61 bits per heavy atom. The molecule has 1 fully saturated rings. The van der Waals surface area contributed by atoms with Crippen molar-refractivity contribution >= 4 is 5.91 Å². The maximum absolute atomic E-state index is 13.3. The van der Waals surface area contributed by atoms with E-state index in [0.717, 1.165) is 17.7 Å². The van der Waals surface area contributed by atoms with Crippen molar-refractivity contribution in [2.75, 3.05) is 40.9 Å². The molecular weight excluding hydrogens is 359 g/mol. The first-order valence-corrected chi connectivity index (χ1v) is 9.46. The zero-order valence-electron chi connectivity index (χ0n) is 16.7. The minimum absolute atomic E-state index is 0.0895. The molecule has 5 nitrogen and oxygen atoms in total. The monoisotopic (exact) mass is 386 g/mol. The molecule has 0 aromatic heterocycles. The van der Waals surface area contributed by atoms with Gasteiger partial charge in [-0.15, -0.1) is 0 Å².